The summed E-state index contributed by atoms with van der Waals surface area (Å²) in [5, 5.41) is 5.15. The van der Waals surface area contributed by atoms with E-state index in [1.54, 1.807) is 6.07 Å². The second-order valence-corrected chi connectivity index (χ2v) is 4.67. The van der Waals surface area contributed by atoms with Gasteiger partial charge in [-0.3, -0.25) is 9.59 Å². The summed E-state index contributed by atoms with van der Waals surface area (Å²) in [5.74, 6) is -1.28. The standard InChI is InChI=1S/C14H18N2O3/c1-10-4-2-5-11(8-10)16-14(18)13(17)15-9-12-6-3-7-19-12/h2,4-5,8,12H,3,6-7,9H2,1H3,(H,15,17)(H,16,18)/t12-/m1/s1. The molecule has 0 unspecified atom stereocenters. The molecule has 2 amide bonds. The fourth-order valence-electron chi connectivity index (χ4n) is 2.00. The lowest BCUT2D eigenvalue weighted by molar-refractivity contribution is -0.136. The Morgan fingerprint density at radius 2 is 2.21 bits per heavy atom. The Morgan fingerprint density at radius 1 is 1.37 bits per heavy atom. The van der Waals surface area contributed by atoms with Crippen LogP contribution in [0.2, 0.25) is 0 Å². The van der Waals surface area contributed by atoms with Gasteiger partial charge in [-0.1, -0.05) is 12.1 Å². The molecule has 1 fully saturated rings. The van der Waals surface area contributed by atoms with E-state index in [9.17, 15) is 9.59 Å². The molecule has 5 heteroatoms. The van der Waals surface area contributed by atoms with Crippen molar-refractivity contribution in [2.45, 2.75) is 25.9 Å². The van der Waals surface area contributed by atoms with E-state index in [0.29, 0.717) is 12.2 Å². The molecule has 1 aliphatic heterocycles. The van der Waals surface area contributed by atoms with Gasteiger partial charge in [0.1, 0.15) is 0 Å². The molecule has 0 bridgehead atoms. The Labute approximate surface area is 112 Å². The molecule has 0 saturated carbocycles. The van der Waals surface area contributed by atoms with Crippen molar-refractivity contribution in [3.8, 4) is 0 Å². The third-order valence-electron chi connectivity index (χ3n) is 3.00. The van der Waals surface area contributed by atoms with E-state index in [1.165, 1.54) is 0 Å². The Bertz CT molecular complexity index is 468. The number of hydrogen-bond acceptors (Lipinski definition) is 3. The van der Waals surface area contributed by atoms with Crippen LogP contribution in [0.25, 0.3) is 0 Å². The zero-order valence-electron chi connectivity index (χ0n) is 10.9. The maximum absolute atomic E-state index is 11.7. The average Bonchev–Trinajstić information content (AvgIpc) is 2.89. The van der Waals surface area contributed by atoms with Crippen LogP contribution in [0.5, 0.6) is 0 Å². The molecule has 1 aliphatic rings. The highest BCUT2D eigenvalue weighted by Gasteiger charge is 2.19. The van der Waals surface area contributed by atoms with E-state index < -0.39 is 11.8 Å². The summed E-state index contributed by atoms with van der Waals surface area (Å²) < 4.78 is 5.37. The van der Waals surface area contributed by atoms with Crippen LogP contribution >= 0.6 is 0 Å². The molecule has 2 N–H and O–H groups in total. The molecule has 1 atom stereocenters. The quantitative estimate of drug-likeness (QED) is 0.805. The van der Waals surface area contributed by atoms with Gasteiger partial charge in [0.15, 0.2) is 0 Å². The van der Waals surface area contributed by atoms with Crippen molar-refractivity contribution in [1.29, 1.82) is 0 Å². The summed E-state index contributed by atoms with van der Waals surface area (Å²) >= 11 is 0. The maximum atomic E-state index is 11.7. The summed E-state index contributed by atoms with van der Waals surface area (Å²) in [4.78, 5) is 23.3. The first-order valence-electron chi connectivity index (χ1n) is 6.42. The first-order valence-corrected chi connectivity index (χ1v) is 6.42. The Morgan fingerprint density at radius 3 is 2.89 bits per heavy atom. The molecule has 5 nitrogen and oxygen atoms in total. The molecule has 1 heterocycles. The summed E-state index contributed by atoms with van der Waals surface area (Å²) in [6.45, 7) is 3.04. The van der Waals surface area contributed by atoms with E-state index in [2.05, 4.69) is 10.6 Å². The lowest BCUT2D eigenvalue weighted by Gasteiger charge is -2.10. The number of carbonyl (C=O) groups is 2. The Hall–Kier alpha value is -1.88. The second kappa shape index (κ2) is 6.33. The molecule has 1 aromatic carbocycles. The van der Waals surface area contributed by atoms with Gasteiger partial charge in [0.2, 0.25) is 0 Å². The fourth-order valence-corrected chi connectivity index (χ4v) is 2.00. The first kappa shape index (κ1) is 13.5. The number of aryl methyl sites for hydroxylation is 1. The van der Waals surface area contributed by atoms with Gasteiger partial charge in [-0.25, -0.2) is 0 Å². The molecule has 1 saturated heterocycles. The summed E-state index contributed by atoms with van der Waals surface area (Å²) in [5.41, 5.74) is 1.65. The molecule has 2 rings (SSSR count). The number of hydrogen-bond donors (Lipinski definition) is 2. The van der Waals surface area contributed by atoms with Crippen molar-refractivity contribution in [1.82, 2.24) is 5.32 Å². The maximum Gasteiger partial charge on any atom is 0.313 e. The highest BCUT2D eigenvalue weighted by Crippen LogP contribution is 2.11. The van der Waals surface area contributed by atoms with Gasteiger partial charge in [0.05, 0.1) is 6.10 Å². The van der Waals surface area contributed by atoms with Crippen LogP contribution in [0.1, 0.15) is 18.4 Å². The molecule has 0 aromatic heterocycles. The smallest absolute Gasteiger partial charge is 0.313 e. The zero-order chi connectivity index (χ0) is 13.7. The number of anilines is 1. The van der Waals surface area contributed by atoms with Crippen LogP contribution < -0.4 is 10.6 Å². The normalized spacial score (nSPS) is 18.1. The zero-order valence-corrected chi connectivity index (χ0v) is 10.9. The molecular formula is C14H18N2O3. The number of amides is 2. The largest absolute Gasteiger partial charge is 0.376 e. The highest BCUT2D eigenvalue weighted by atomic mass is 16.5. The van der Waals surface area contributed by atoms with E-state index in [1.807, 2.05) is 25.1 Å². The predicted molar refractivity (Wildman–Crippen MR) is 71.8 cm³/mol. The molecule has 0 radical (unpaired) electrons. The highest BCUT2D eigenvalue weighted by molar-refractivity contribution is 6.39. The molecule has 0 spiro atoms. The van der Waals surface area contributed by atoms with Crippen LogP contribution in [0.4, 0.5) is 5.69 Å². The van der Waals surface area contributed by atoms with Gasteiger partial charge in [0, 0.05) is 18.8 Å². The molecule has 19 heavy (non-hydrogen) atoms. The summed E-state index contributed by atoms with van der Waals surface area (Å²) in [6, 6.07) is 7.31. The van der Waals surface area contributed by atoms with Crippen LogP contribution in [0, 0.1) is 6.92 Å². The van der Waals surface area contributed by atoms with Gasteiger partial charge in [0.25, 0.3) is 0 Å². The summed E-state index contributed by atoms with van der Waals surface area (Å²) in [7, 11) is 0. The summed E-state index contributed by atoms with van der Waals surface area (Å²) in [6.07, 6.45) is 1.98. The predicted octanol–water partition coefficient (Wildman–Crippen LogP) is 1.23. The van der Waals surface area contributed by atoms with Crippen LogP contribution in [-0.4, -0.2) is 31.1 Å². The van der Waals surface area contributed by atoms with Crippen molar-refractivity contribution < 1.29 is 14.3 Å². The average molecular weight is 262 g/mol. The minimum absolute atomic E-state index is 0.0377. The van der Waals surface area contributed by atoms with Crippen molar-refractivity contribution in [2.75, 3.05) is 18.5 Å². The topological polar surface area (TPSA) is 67.4 Å². The number of carbonyl (C=O) groups excluding carboxylic acids is 2. The third-order valence-corrected chi connectivity index (χ3v) is 3.00. The van der Waals surface area contributed by atoms with Gasteiger partial charge in [-0.15, -0.1) is 0 Å². The van der Waals surface area contributed by atoms with Gasteiger partial charge >= 0.3 is 11.8 Å². The molecular weight excluding hydrogens is 244 g/mol. The van der Waals surface area contributed by atoms with E-state index >= 15 is 0 Å². The van der Waals surface area contributed by atoms with Crippen molar-refractivity contribution in [3.05, 3.63) is 29.8 Å². The lowest BCUT2D eigenvalue weighted by atomic mass is 10.2. The minimum atomic E-state index is -0.649. The van der Waals surface area contributed by atoms with E-state index in [4.69, 9.17) is 4.74 Å². The first-order chi connectivity index (χ1) is 9.15. The van der Waals surface area contributed by atoms with Crippen molar-refractivity contribution in [3.63, 3.8) is 0 Å². The second-order valence-electron chi connectivity index (χ2n) is 4.67. The van der Waals surface area contributed by atoms with Gasteiger partial charge in [-0.05, 0) is 37.5 Å². The van der Waals surface area contributed by atoms with Crippen LogP contribution in [0.3, 0.4) is 0 Å². The number of benzene rings is 1. The monoisotopic (exact) mass is 262 g/mol. The van der Waals surface area contributed by atoms with E-state index in [-0.39, 0.29) is 6.10 Å². The molecule has 1 aromatic rings. The molecule has 102 valence electrons. The minimum Gasteiger partial charge on any atom is -0.376 e. The SMILES string of the molecule is Cc1cccc(NC(=O)C(=O)NC[C@H]2CCCO2)c1. The lowest BCUT2D eigenvalue weighted by Crippen LogP contribution is -2.39. The van der Waals surface area contributed by atoms with Gasteiger partial charge in [-0.2, -0.15) is 0 Å². The van der Waals surface area contributed by atoms with E-state index in [0.717, 1.165) is 25.0 Å². The number of nitrogens with one attached hydrogen (secondary N) is 2. The number of ether oxygens (including phenoxy) is 1. The Kier molecular flexibility index (Phi) is 4.52. The van der Waals surface area contributed by atoms with Crippen molar-refractivity contribution in [2.24, 2.45) is 0 Å². The van der Waals surface area contributed by atoms with Crippen LogP contribution in [-0.2, 0) is 14.3 Å². The third kappa shape index (κ3) is 4.06. The van der Waals surface area contributed by atoms with Crippen molar-refractivity contribution >= 4 is 17.5 Å². The Balaban J connectivity index is 1.80. The number of rotatable bonds is 3. The fraction of sp³-hybridized carbons (Fsp3) is 0.429. The molecule has 0 aliphatic carbocycles. The van der Waals surface area contributed by atoms with Gasteiger partial charge < -0.3 is 15.4 Å². The van der Waals surface area contributed by atoms with Crippen LogP contribution in [0.15, 0.2) is 24.3 Å².